The monoisotopic (exact) mass is 414 g/mol. The lowest BCUT2D eigenvalue weighted by Gasteiger charge is -2.11. The zero-order valence-corrected chi connectivity index (χ0v) is 16.8. The highest BCUT2D eigenvalue weighted by Crippen LogP contribution is 2.33. The Labute approximate surface area is 180 Å². The van der Waals surface area contributed by atoms with Crippen LogP contribution in [0.3, 0.4) is 0 Å². The predicted molar refractivity (Wildman–Crippen MR) is 118 cm³/mol. The molecule has 0 radical (unpaired) electrons. The molecule has 156 valence electrons. The Morgan fingerprint density at radius 2 is 1.58 bits per heavy atom. The fraction of sp³-hybridized carbons (Fsp3) is 0.120. The molecule has 1 aliphatic heterocycles. The Hall–Kier alpha value is -4.06. The van der Waals surface area contributed by atoms with E-state index in [1.807, 2.05) is 36.4 Å². The molecule has 6 heteroatoms. The van der Waals surface area contributed by atoms with E-state index in [2.05, 4.69) is 10.6 Å². The van der Waals surface area contributed by atoms with Crippen molar-refractivity contribution in [1.82, 2.24) is 10.6 Å². The number of ether oxygens (including phenoxy) is 2. The van der Waals surface area contributed by atoms with Crippen molar-refractivity contribution in [3.8, 4) is 11.5 Å². The first-order valence-corrected chi connectivity index (χ1v) is 9.99. The van der Waals surface area contributed by atoms with Crippen molar-refractivity contribution in [3.05, 3.63) is 101 Å². The zero-order valence-electron chi connectivity index (χ0n) is 16.8. The van der Waals surface area contributed by atoms with Crippen LogP contribution in [-0.2, 0) is 11.2 Å². The standard InChI is InChI=1S/C25H22N2O4/c28-24(20-9-5-2-6-10-20)27-21(15-19-11-12-22-23(16-19)31-17-30-22)25(29)26-14-13-18-7-3-1-4-8-18/h1-12,15-16H,13-14,17H2,(H,26,29)(H,27,28). The predicted octanol–water partition coefficient (Wildman–Crippen LogP) is 3.55. The Balaban J connectivity index is 1.51. The SMILES string of the molecule is O=C(NCCc1ccccc1)C(=Cc1ccc2c(c1)OCO2)NC(=O)c1ccccc1. The van der Waals surface area contributed by atoms with Crippen LogP contribution in [0.1, 0.15) is 21.5 Å². The van der Waals surface area contributed by atoms with Gasteiger partial charge >= 0.3 is 0 Å². The van der Waals surface area contributed by atoms with E-state index in [9.17, 15) is 9.59 Å². The molecule has 2 amide bonds. The van der Waals surface area contributed by atoms with Crippen LogP contribution in [0.15, 0.2) is 84.6 Å². The molecular weight excluding hydrogens is 392 g/mol. The highest BCUT2D eigenvalue weighted by atomic mass is 16.7. The summed E-state index contributed by atoms with van der Waals surface area (Å²) in [5.74, 6) is 0.537. The van der Waals surface area contributed by atoms with Crippen molar-refractivity contribution < 1.29 is 19.1 Å². The smallest absolute Gasteiger partial charge is 0.267 e. The lowest BCUT2D eigenvalue weighted by molar-refractivity contribution is -0.117. The van der Waals surface area contributed by atoms with Crippen LogP contribution < -0.4 is 20.1 Å². The molecule has 0 aliphatic carbocycles. The number of rotatable bonds is 7. The first-order valence-electron chi connectivity index (χ1n) is 9.99. The zero-order chi connectivity index (χ0) is 21.5. The molecule has 0 spiro atoms. The van der Waals surface area contributed by atoms with Crippen molar-refractivity contribution in [3.63, 3.8) is 0 Å². The van der Waals surface area contributed by atoms with Gasteiger partial charge in [-0.15, -0.1) is 0 Å². The van der Waals surface area contributed by atoms with Gasteiger partial charge in [0.2, 0.25) is 6.79 Å². The van der Waals surface area contributed by atoms with Crippen molar-refractivity contribution in [1.29, 1.82) is 0 Å². The summed E-state index contributed by atoms with van der Waals surface area (Å²) >= 11 is 0. The van der Waals surface area contributed by atoms with E-state index in [4.69, 9.17) is 9.47 Å². The van der Waals surface area contributed by atoms with Gasteiger partial charge in [-0.2, -0.15) is 0 Å². The van der Waals surface area contributed by atoms with Gasteiger partial charge in [-0.3, -0.25) is 9.59 Å². The molecule has 0 saturated heterocycles. The summed E-state index contributed by atoms with van der Waals surface area (Å²) in [5.41, 5.74) is 2.46. The Morgan fingerprint density at radius 1 is 0.871 bits per heavy atom. The third-order valence-electron chi connectivity index (χ3n) is 4.78. The quantitative estimate of drug-likeness (QED) is 0.580. The van der Waals surface area contributed by atoms with Gasteiger partial charge in [0.05, 0.1) is 0 Å². The number of hydrogen-bond donors (Lipinski definition) is 2. The van der Waals surface area contributed by atoms with Crippen LogP contribution in [0.4, 0.5) is 0 Å². The Morgan fingerprint density at radius 3 is 2.35 bits per heavy atom. The number of benzene rings is 3. The van der Waals surface area contributed by atoms with E-state index in [1.165, 1.54) is 0 Å². The molecule has 0 aromatic heterocycles. The number of carbonyl (C=O) groups excluding carboxylic acids is 2. The van der Waals surface area contributed by atoms with Gasteiger partial charge in [-0.25, -0.2) is 0 Å². The summed E-state index contributed by atoms with van der Waals surface area (Å²) in [6.07, 6.45) is 2.32. The largest absolute Gasteiger partial charge is 0.454 e. The maximum absolute atomic E-state index is 12.9. The molecule has 4 rings (SSSR count). The van der Waals surface area contributed by atoms with E-state index in [0.717, 1.165) is 5.56 Å². The van der Waals surface area contributed by atoms with Crippen molar-refractivity contribution in [2.24, 2.45) is 0 Å². The number of carbonyl (C=O) groups is 2. The first kappa shape index (κ1) is 20.2. The number of fused-ring (bicyclic) bond motifs is 1. The second kappa shape index (κ2) is 9.63. The van der Waals surface area contributed by atoms with E-state index >= 15 is 0 Å². The summed E-state index contributed by atoms with van der Waals surface area (Å²) < 4.78 is 10.7. The van der Waals surface area contributed by atoms with Gasteiger partial charge in [-0.1, -0.05) is 54.6 Å². The van der Waals surface area contributed by atoms with Crippen LogP contribution in [0.5, 0.6) is 11.5 Å². The maximum atomic E-state index is 12.9. The topological polar surface area (TPSA) is 76.7 Å². The molecule has 2 N–H and O–H groups in total. The van der Waals surface area contributed by atoms with E-state index in [0.29, 0.717) is 35.6 Å². The van der Waals surface area contributed by atoms with Crippen LogP contribution >= 0.6 is 0 Å². The average molecular weight is 414 g/mol. The summed E-state index contributed by atoms with van der Waals surface area (Å²) in [5, 5.41) is 5.62. The van der Waals surface area contributed by atoms with Crippen LogP contribution in [0, 0.1) is 0 Å². The normalized spacial score (nSPS) is 12.3. The highest BCUT2D eigenvalue weighted by Gasteiger charge is 2.16. The minimum Gasteiger partial charge on any atom is -0.454 e. The van der Waals surface area contributed by atoms with Gasteiger partial charge in [0.25, 0.3) is 11.8 Å². The molecule has 3 aromatic carbocycles. The molecule has 0 atom stereocenters. The van der Waals surface area contributed by atoms with Crippen molar-refractivity contribution >= 4 is 17.9 Å². The third kappa shape index (κ3) is 5.30. The van der Waals surface area contributed by atoms with Gasteiger partial charge in [0, 0.05) is 12.1 Å². The van der Waals surface area contributed by atoms with Crippen molar-refractivity contribution in [2.45, 2.75) is 6.42 Å². The minimum atomic E-state index is -0.363. The summed E-state index contributed by atoms with van der Waals surface area (Å²) in [6.45, 7) is 0.614. The summed E-state index contributed by atoms with van der Waals surface area (Å²) in [4.78, 5) is 25.5. The second-order valence-electron chi connectivity index (χ2n) is 6.98. The maximum Gasteiger partial charge on any atom is 0.267 e. The molecule has 1 aliphatic rings. The molecule has 31 heavy (non-hydrogen) atoms. The third-order valence-corrected chi connectivity index (χ3v) is 4.78. The summed E-state index contributed by atoms with van der Waals surface area (Å²) in [7, 11) is 0. The van der Waals surface area contributed by atoms with Crippen molar-refractivity contribution in [2.75, 3.05) is 13.3 Å². The molecule has 1 heterocycles. The fourth-order valence-corrected chi connectivity index (χ4v) is 3.17. The molecule has 3 aromatic rings. The second-order valence-corrected chi connectivity index (χ2v) is 6.98. The number of hydrogen-bond acceptors (Lipinski definition) is 4. The van der Waals surface area contributed by atoms with Gasteiger partial charge in [0.15, 0.2) is 11.5 Å². The van der Waals surface area contributed by atoms with Gasteiger partial charge < -0.3 is 20.1 Å². The Kier molecular flexibility index (Phi) is 6.28. The van der Waals surface area contributed by atoms with Gasteiger partial charge in [0.1, 0.15) is 5.70 Å². The summed E-state index contributed by atoms with van der Waals surface area (Å²) in [6, 6.07) is 24.0. The number of amides is 2. The number of nitrogens with one attached hydrogen (secondary N) is 2. The lowest BCUT2D eigenvalue weighted by atomic mass is 10.1. The average Bonchev–Trinajstić information content (AvgIpc) is 3.28. The van der Waals surface area contributed by atoms with Crippen LogP contribution in [0.25, 0.3) is 6.08 Å². The highest BCUT2D eigenvalue weighted by molar-refractivity contribution is 6.05. The lowest BCUT2D eigenvalue weighted by Crippen LogP contribution is -2.35. The first-order chi connectivity index (χ1) is 15.2. The fourth-order valence-electron chi connectivity index (χ4n) is 3.17. The Bertz CT molecular complexity index is 1100. The molecule has 0 bridgehead atoms. The minimum absolute atomic E-state index is 0.154. The molecule has 6 nitrogen and oxygen atoms in total. The molecular formula is C25H22N2O4. The molecule has 0 unspecified atom stereocenters. The van der Waals surface area contributed by atoms with Crippen LogP contribution in [-0.4, -0.2) is 25.2 Å². The molecule has 0 saturated carbocycles. The van der Waals surface area contributed by atoms with Gasteiger partial charge in [-0.05, 0) is 47.9 Å². The molecule has 0 fully saturated rings. The van der Waals surface area contributed by atoms with Crippen LogP contribution in [0.2, 0.25) is 0 Å². The van der Waals surface area contributed by atoms with E-state index < -0.39 is 0 Å². The van der Waals surface area contributed by atoms with E-state index in [1.54, 1.807) is 48.5 Å². The van der Waals surface area contributed by atoms with E-state index in [-0.39, 0.29) is 24.3 Å².